The van der Waals surface area contributed by atoms with Crippen LogP contribution in [0.1, 0.15) is 28.8 Å². The Kier molecular flexibility index (Phi) is 4.38. The van der Waals surface area contributed by atoms with Gasteiger partial charge in [-0.2, -0.15) is 0 Å². The summed E-state index contributed by atoms with van der Waals surface area (Å²) in [6, 6.07) is 18.1. The van der Waals surface area contributed by atoms with Gasteiger partial charge in [-0.1, -0.05) is 48.5 Å². The van der Waals surface area contributed by atoms with Crippen molar-refractivity contribution < 1.29 is 14.7 Å². The molecule has 1 aromatic heterocycles. The van der Waals surface area contributed by atoms with Crippen LogP contribution in [0.4, 0.5) is 0 Å². The van der Waals surface area contributed by atoms with Crippen LogP contribution >= 0.6 is 0 Å². The van der Waals surface area contributed by atoms with Gasteiger partial charge in [0.25, 0.3) is 5.91 Å². The van der Waals surface area contributed by atoms with Crippen LogP contribution in [0.15, 0.2) is 60.8 Å². The van der Waals surface area contributed by atoms with Crippen molar-refractivity contribution >= 4 is 22.8 Å². The molecule has 0 unspecified atom stereocenters. The van der Waals surface area contributed by atoms with Crippen molar-refractivity contribution in [1.29, 1.82) is 0 Å². The molecule has 29 heavy (non-hydrogen) atoms. The first kappa shape index (κ1) is 18.0. The molecular weight excluding hydrogens is 364 g/mol. The fourth-order valence-electron chi connectivity index (χ4n) is 4.76. The fraction of sp³-hybridized carbons (Fsp3) is 0.333. The summed E-state index contributed by atoms with van der Waals surface area (Å²) in [6.07, 6.45) is 4.11. The van der Waals surface area contributed by atoms with E-state index < -0.39 is 11.9 Å². The van der Waals surface area contributed by atoms with E-state index in [9.17, 15) is 14.7 Å². The van der Waals surface area contributed by atoms with Crippen molar-refractivity contribution in [1.82, 2.24) is 9.47 Å². The van der Waals surface area contributed by atoms with E-state index in [0.29, 0.717) is 31.1 Å². The number of para-hydroxylation sites is 1. The second-order valence-electron chi connectivity index (χ2n) is 8.33. The molecule has 2 atom stereocenters. The van der Waals surface area contributed by atoms with Crippen molar-refractivity contribution in [2.75, 3.05) is 13.1 Å². The summed E-state index contributed by atoms with van der Waals surface area (Å²) in [5, 5.41) is 10.6. The smallest absolute Gasteiger partial charge is 0.308 e. The number of carboxylic acids is 1. The molecule has 2 fully saturated rings. The molecule has 1 saturated heterocycles. The molecular formula is C24H24N2O3. The summed E-state index contributed by atoms with van der Waals surface area (Å²) in [4.78, 5) is 26.9. The lowest BCUT2D eigenvalue weighted by molar-refractivity contribution is -0.142. The van der Waals surface area contributed by atoms with Crippen LogP contribution < -0.4 is 0 Å². The van der Waals surface area contributed by atoms with Crippen LogP contribution in [0.25, 0.3) is 10.9 Å². The Morgan fingerprint density at radius 3 is 2.41 bits per heavy atom. The molecule has 5 nitrogen and oxygen atoms in total. The van der Waals surface area contributed by atoms with Gasteiger partial charge in [0.15, 0.2) is 0 Å². The average Bonchev–Trinajstić information content (AvgIpc) is 3.38. The molecule has 1 aliphatic heterocycles. The average molecular weight is 388 g/mol. The minimum absolute atomic E-state index is 0.0533. The highest BCUT2D eigenvalue weighted by atomic mass is 16.4. The Morgan fingerprint density at radius 2 is 1.69 bits per heavy atom. The van der Waals surface area contributed by atoms with Crippen LogP contribution in [0, 0.1) is 17.8 Å². The zero-order chi connectivity index (χ0) is 20.0. The normalized spacial score (nSPS) is 21.6. The number of aliphatic carboxylic acids is 1. The Labute approximate surface area is 169 Å². The molecule has 0 bridgehead atoms. The van der Waals surface area contributed by atoms with Gasteiger partial charge in [-0.3, -0.25) is 9.59 Å². The molecule has 148 valence electrons. The number of carbonyl (C=O) groups is 2. The fourth-order valence-corrected chi connectivity index (χ4v) is 4.76. The molecule has 1 saturated carbocycles. The molecule has 1 N–H and O–H groups in total. The number of hydrogen-bond acceptors (Lipinski definition) is 2. The van der Waals surface area contributed by atoms with E-state index in [4.69, 9.17) is 0 Å². The van der Waals surface area contributed by atoms with E-state index in [2.05, 4.69) is 16.7 Å². The first-order valence-corrected chi connectivity index (χ1v) is 10.3. The van der Waals surface area contributed by atoms with E-state index in [-0.39, 0.29) is 11.8 Å². The summed E-state index contributed by atoms with van der Waals surface area (Å²) in [6.45, 7) is 1.56. The first-order valence-electron chi connectivity index (χ1n) is 10.3. The molecule has 2 heterocycles. The monoisotopic (exact) mass is 388 g/mol. The minimum atomic E-state index is -0.774. The molecule has 0 spiro atoms. The lowest BCUT2D eigenvalue weighted by Crippen LogP contribution is -2.29. The molecule has 0 radical (unpaired) electrons. The van der Waals surface area contributed by atoms with E-state index in [1.54, 1.807) is 4.90 Å². The van der Waals surface area contributed by atoms with Crippen LogP contribution in [-0.4, -0.2) is 39.5 Å². The predicted octanol–water partition coefficient (Wildman–Crippen LogP) is 3.87. The van der Waals surface area contributed by atoms with E-state index in [1.165, 1.54) is 5.56 Å². The van der Waals surface area contributed by atoms with Gasteiger partial charge in [-0.05, 0) is 36.3 Å². The van der Waals surface area contributed by atoms with Gasteiger partial charge in [0.05, 0.1) is 11.5 Å². The molecule has 1 aliphatic carbocycles. The van der Waals surface area contributed by atoms with Crippen LogP contribution in [0.5, 0.6) is 0 Å². The highest BCUT2D eigenvalue weighted by Gasteiger charge is 2.47. The highest BCUT2D eigenvalue weighted by Crippen LogP contribution is 2.44. The van der Waals surface area contributed by atoms with Gasteiger partial charge in [0, 0.05) is 36.7 Å². The Bertz CT molecular complexity index is 1070. The topological polar surface area (TPSA) is 62.5 Å². The highest BCUT2D eigenvalue weighted by molar-refractivity contribution is 6.07. The van der Waals surface area contributed by atoms with Gasteiger partial charge in [-0.25, -0.2) is 0 Å². The summed E-state index contributed by atoms with van der Waals surface area (Å²) in [5.41, 5.74) is 2.86. The third-order valence-corrected chi connectivity index (χ3v) is 6.41. The van der Waals surface area contributed by atoms with Crippen molar-refractivity contribution in [2.24, 2.45) is 17.8 Å². The van der Waals surface area contributed by atoms with E-state index >= 15 is 0 Å². The maximum atomic E-state index is 13.4. The second-order valence-corrected chi connectivity index (χ2v) is 8.33. The lowest BCUT2D eigenvalue weighted by Gasteiger charge is -2.15. The summed E-state index contributed by atoms with van der Waals surface area (Å²) >= 11 is 0. The first-order chi connectivity index (χ1) is 14.1. The Hall–Kier alpha value is -3.08. The number of nitrogens with zero attached hydrogens (tertiary/aromatic N) is 2. The Balaban J connectivity index is 1.47. The van der Waals surface area contributed by atoms with Gasteiger partial charge >= 0.3 is 5.97 Å². The van der Waals surface area contributed by atoms with Crippen LogP contribution in [0.2, 0.25) is 0 Å². The zero-order valence-electron chi connectivity index (χ0n) is 16.2. The van der Waals surface area contributed by atoms with Gasteiger partial charge < -0.3 is 14.6 Å². The number of fused-ring (bicyclic) bond motifs is 1. The summed E-state index contributed by atoms with van der Waals surface area (Å²) < 4.78 is 2.11. The zero-order valence-corrected chi connectivity index (χ0v) is 16.2. The standard InChI is InChI=1S/C24H24N2O3/c27-23(26-13-19(17-10-11-17)21(15-26)24(28)29)20-14-25(12-16-6-2-1-3-7-16)22-9-5-4-8-18(20)22/h1-9,14,17,19,21H,10-13,15H2,(H,28,29)/t19-,21+/m1/s1. The van der Waals surface area contributed by atoms with Gasteiger partial charge in [0.1, 0.15) is 0 Å². The quantitative estimate of drug-likeness (QED) is 0.722. The third kappa shape index (κ3) is 3.31. The van der Waals surface area contributed by atoms with Crippen LogP contribution in [-0.2, 0) is 11.3 Å². The van der Waals surface area contributed by atoms with Crippen molar-refractivity contribution in [2.45, 2.75) is 19.4 Å². The number of carboxylic acid groups (broad SMARTS) is 1. The number of benzene rings is 2. The molecule has 2 aliphatic rings. The van der Waals surface area contributed by atoms with Gasteiger partial charge in [0.2, 0.25) is 0 Å². The second kappa shape index (κ2) is 7.07. The molecule has 5 rings (SSSR count). The van der Waals surface area contributed by atoms with Crippen molar-refractivity contribution in [3.8, 4) is 0 Å². The van der Waals surface area contributed by atoms with Crippen molar-refractivity contribution in [3.63, 3.8) is 0 Å². The van der Waals surface area contributed by atoms with E-state index in [1.807, 2.05) is 48.7 Å². The lowest BCUT2D eigenvalue weighted by atomic mass is 9.92. The van der Waals surface area contributed by atoms with Gasteiger partial charge in [-0.15, -0.1) is 0 Å². The maximum Gasteiger partial charge on any atom is 0.308 e. The van der Waals surface area contributed by atoms with Crippen molar-refractivity contribution in [3.05, 3.63) is 71.9 Å². The molecule has 5 heteroatoms. The van der Waals surface area contributed by atoms with E-state index in [0.717, 1.165) is 23.7 Å². The summed E-state index contributed by atoms with van der Waals surface area (Å²) in [7, 11) is 0. The number of rotatable bonds is 5. The largest absolute Gasteiger partial charge is 0.481 e. The number of carbonyl (C=O) groups excluding carboxylic acids is 1. The van der Waals surface area contributed by atoms with Crippen LogP contribution in [0.3, 0.4) is 0 Å². The summed E-state index contributed by atoms with van der Waals surface area (Å²) in [5.74, 6) is -0.710. The minimum Gasteiger partial charge on any atom is -0.481 e. The maximum absolute atomic E-state index is 13.4. The number of amides is 1. The number of aromatic nitrogens is 1. The number of likely N-dealkylation sites (tertiary alicyclic amines) is 1. The predicted molar refractivity (Wildman–Crippen MR) is 111 cm³/mol. The molecule has 2 aromatic carbocycles. The SMILES string of the molecule is O=C(O)[C@H]1CN(C(=O)c2cn(Cc3ccccc3)c3ccccc23)C[C@@H]1C1CC1. The Morgan fingerprint density at radius 1 is 0.966 bits per heavy atom. The molecule has 1 amide bonds. The number of hydrogen-bond donors (Lipinski definition) is 1. The molecule has 3 aromatic rings. The third-order valence-electron chi connectivity index (χ3n) is 6.41.